The van der Waals surface area contributed by atoms with Crippen LogP contribution in [0, 0.1) is 13.8 Å². The molecule has 2 heterocycles. The third-order valence-electron chi connectivity index (χ3n) is 5.11. The molecule has 1 aliphatic rings. The van der Waals surface area contributed by atoms with Crippen LogP contribution in [0.3, 0.4) is 0 Å². The molecule has 1 aliphatic heterocycles. The van der Waals surface area contributed by atoms with Crippen LogP contribution < -0.4 is 0 Å². The molecule has 10 heteroatoms. The van der Waals surface area contributed by atoms with E-state index in [4.69, 9.17) is 16.3 Å². The maximum absolute atomic E-state index is 13.1. The predicted octanol–water partition coefficient (Wildman–Crippen LogP) is 2.61. The number of carbonyl (C=O) groups is 2. The van der Waals surface area contributed by atoms with Crippen LogP contribution in [0.15, 0.2) is 29.2 Å². The molecule has 1 fully saturated rings. The summed E-state index contributed by atoms with van der Waals surface area (Å²) in [6, 6.07) is 6.30. The normalized spacial score (nSPS) is 15.3. The third kappa shape index (κ3) is 4.10. The van der Waals surface area contributed by atoms with Crippen LogP contribution in [0.1, 0.15) is 39.0 Å². The number of halogens is 1. The third-order valence-corrected chi connectivity index (χ3v) is 7.51. The predicted molar refractivity (Wildman–Crippen MR) is 112 cm³/mol. The van der Waals surface area contributed by atoms with E-state index in [1.807, 2.05) is 0 Å². The molecule has 162 valence electrons. The highest BCUT2D eigenvalue weighted by atomic mass is 35.5. The maximum atomic E-state index is 13.1. The number of rotatable bonds is 5. The summed E-state index contributed by atoms with van der Waals surface area (Å²) in [4.78, 5) is 29.8. The van der Waals surface area contributed by atoms with Crippen molar-refractivity contribution in [2.45, 2.75) is 25.7 Å². The molecular weight excluding hydrogens is 430 g/mol. The highest BCUT2D eigenvalue weighted by Gasteiger charge is 2.33. The molecule has 0 spiro atoms. The van der Waals surface area contributed by atoms with Gasteiger partial charge in [-0.3, -0.25) is 4.79 Å². The zero-order valence-electron chi connectivity index (χ0n) is 17.1. The quantitative estimate of drug-likeness (QED) is 0.701. The Kier molecular flexibility index (Phi) is 6.54. The number of esters is 1. The van der Waals surface area contributed by atoms with Gasteiger partial charge in [-0.05, 0) is 38.5 Å². The molecule has 8 nitrogen and oxygen atoms in total. The number of aromatic nitrogens is 1. The molecule has 0 bridgehead atoms. The van der Waals surface area contributed by atoms with Gasteiger partial charge in [0.1, 0.15) is 10.6 Å². The van der Waals surface area contributed by atoms with E-state index in [-0.39, 0.29) is 54.3 Å². The minimum Gasteiger partial charge on any atom is -0.461 e. The van der Waals surface area contributed by atoms with Crippen molar-refractivity contribution in [3.8, 4) is 0 Å². The van der Waals surface area contributed by atoms with Gasteiger partial charge in [-0.2, -0.15) is 4.31 Å². The van der Waals surface area contributed by atoms with Crippen molar-refractivity contribution < 1.29 is 22.7 Å². The number of benzene rings is 1. The second-order valence-corrected chi connectivity index (χ2v) is 9.29. The van der Waals surface area contributed by atoms with Crippen molar-refractivity contribution >= 4 is 33.5 Å². The molecule has 30 heavy (non-hydrogen) atoms. The van der Waals surface area contributed by atoms with Crippen molar-refractivity contribution in [3.05, 3.63) is 51.8 Å². The first-order chi connectivity index (χ1) is 14.2. The maximum Gasteiger partial charge on any atom is 0.355 e. The van der Waals surface area contributed by atoms with E-state index in [2.05, 4.69) is 4.98 Å². The Bertz CT molecular complexity index is 1070. The summed E-state index contributed by atoms with van der Waals surface area (Å²) >= 11 is 6.06. The van der Waals surface area contributed by atoms with Crippen LogP contribution in [0.4, 0.5) is 0 Å². The summed E-state index contributed by atoms with van der Waals surface area (Å²) in [6.45, 7) is 6.16. The van der Waals surface area contributed by atoms with E-state index in [1.54, 1.807) is 37.8 Å². The highest BCUT2D eigenvalue weighted by Crippen LogP contribution is 2.26. The summed E-state index contributed by atoms with van der Waals surface area (Å²) in [5, 5.41) is 0.168. The number of carbonyl (C=O) groups excluding carboxylic acids is 2. The highest BCUT2D eigenvalue weighted by molar-refractivity contribution is 7.89. The lowest BCUT2D eigenvalue weighted by atomic mass is 10.1. The first-order valence-corrected chi connectivity index (χ1v) is 11.4. The Morgan fingerprint density at radius 1 is 1.13 bits per heavy atom. The molecule has 0 atom stereocenters. The Morgan fingerprint density at radius 2 is 1.77 bits per heavy atom. The number of aromatic amines is 1. The number of hydrogen-bond acceptors (Lipinski definition) is 5. The minimum atomic E-state index is -3.74. The van der Waals surface area contributed by atoms with Gasteiger partial charge in [0.15, 0.2) is 0 Å². The van der Waals surface area contributed by atoms with Crippen LogP contribution in [0.25, 0.3) is 0 Å². The van der Waals surface area contributed by atoms with Gasteiger partial charge in [0.2, 0.25) is 10.0 Å². The summed E-state index contributed by atoms with van der Waals surface area (Å²) in [6.07, 6.45) is 0. The fourth-order valence-corrected chi connectivity index (χ4v) is 5.48. The van der Waals surface area contributed by atoms with Crippen molar-refractivity contribution in [1.29, 1.82) is 0 Å². The smallest absolute Gasteiger partial charge is 0.355 e. The molecule has 1 aromatic carbocycles. The Hall–Kier alpha value is -2.36. The fourth-order valence-electron chi connectivity index (χ4n) is 3.56. The van der Waals surface area contributed by atoms with E-state index in [0.717, 1.165) is 0 Å². The van der Waals surface area contributed by atoms with Crippen LogP contribution in [-0.4, -0.2) is 67.3 Å². The molecule has 2 aromatic rings. The lowest BCUT2D eigenvalue weighted by Gasteiger charge is -2.34. The van der Waals surface area contributed by atoms with Gasteiger partial charge in [-0.25, -0.2) is 13.2 Å². The standard InChI is InChI=1S/C20H24ClN3O5S/c1-4-29-20(26)18-13(2)17(14(3)22-18)19(25)23-9-11-24(12-10-23)30(27,28)16-8-6-5-7-15(16)21/h5-8,22H,4,9-12H2,1-3H3. The lowest BCUT2D eigenvalue weighted by Crippen LogP contribution is -2.50. The molecule has 0 unspecified atom stereocenters. The van der Waals surface area contributed by atoms with Crippen LogP contribution in [0.5, 0.6) is 0 Å². The second-order valence-electron chi connectivity index (χ2n) is 6.97. The van der Waals surface area contributed by atoms with Crippen molar-refractivity contribution in [3.63, 3.8) is 0 Å². The van der Waals surface area contributed by atoms with E-state index >= 15 is 0 Å². The zero-order valence-corrected chi connectivity index (χ0v) is 18.6. The van der Waals surface area contributed by atoms with Crippen molar-refractivity contribution in [2.24, 2.45) is 0 Å². The number of piperazine rings is 1. The first-order valence-electron chi connectivity index (χ1n) is 9.58. The lowest BCUT2D eigenvalue weighted by molar-refractivity contribution is 0.0519. The van der Waals surface area contributed by atoms with Crippen molar-refractivity contribution in [2.75, 3.05) is 32.8 Å². The SMILES string of the molecule is CCOC(=O)c1[nH]c(C)c(C(=O)N2CCN(S(=O)(=O)c3ccccc3Cl)CC2)c1C. The van der Waals surface area contributed by atoms with Crippen molar-refractivity contribution in [1.82, 2.24) is 14.2 Å². The number of nitrogens with one attached hydrogen (secondary N) is 1. The second kappa shape index (κ2) is 8.79. The van der Waals surface area contributed by atoms with Gasteiger partial charge >= 0.3 is 5.97 Å². The van der Waals surface area contributed by atoms with Gasteiger partial charge in [0.25, 0.3) is 5.91 Å². The number of nitrogens with zero attached hydrogens (tertiary/aromatic N) is 2. The molecule has 0 aliphatic carbocycles. The van der Waals surface area contributed by atoms with E-state index in [1.165, 1.54) is 16.4 Å². The van der Waals surface area contributed by atoms with E-state index in [0.29, 0.717) is 16.8 Å². The zero-order chi connectivity index (χ0) is 22.1. The average Bonchev–Trinajstić information content (AvgIpc) is 3.02. The van der Waals surface area contributed by atoms with Crippen LogP contribution in [-0.2, 0) is 14.8 Å². The number of aryl methyl sites for hydroxylation is 1. The largest absolute Gasteiger partial charge is 0.461 e. The van der Waals surface area contributed by atoms with Gasteiger partial charge in [0, 0.05) is 31.9 Å². The summed E-state index contributed by atoms with van der Waals surface area (Å²) in [7, 11) is -3.74. The Morgan fingerprint density at radius 3 is 2.37 bits per heavy atom. The molecule has 0 radical (unpaired) electrons. The molecule has 1 amide bonds. The van der Waals surface area contributed by atoms with Gasteiger partial charge in [0.05, 0.1) is 17.2 Å². The number of H-pyrrole nitrogens is 1. The Labute approximate surface area is 180 Å². The van der Waals surface area contributed by atoms with Gasteiger partial charge in [-0.15, -0.1) is 0 Å². The minimum absolute atomic E-state index is 0.0582. The van der Waals surface area contributed by atoms with Gasteiger partial charge in [-0.1, -0.05) is 23.7 Å². The first kappa shape index (κ1) is 22.3. The monoisotopic (exact) mass is 453 g/mol. The van der Waals surface area contributed by atoms with E-state index in [9.17, 15) is 18.0 Å². The summed E-state index contributed by atoms with van der Waals surface area (Å²) in [5.74, 6) is -0.751. The summed E-state index contributed by atoms with van der Waals surface area (Å²) in [5.41, 5.74) is 1.78. The van der Waals surface area contributed by atoms with Crippen LogP contribution >= 0.6 is 11.6 Å². The average molecular weight is 454 g/mol. The van der Waals surface area contributed by atoms with E-state index < -0.39 is 16.0 Å². The number of sulfonamides is 1. The number of ether oxygens (including phenoxy) is 1. The fraction of sp³-hybridized carbons (Fsp3) is 0.400. The Balaban J connectivity index is 1.75. The molecule has 1 saturated heterocycles. The molecular formula is C20H24ClN3O5S. The molecule has 1 N–H and O–H groups in total. The number of amides is 1. The molecule has 3 rings (SSSR count). The number of hydrogen-bond donors (Lipinski definition) is 1. The summed E-state index contributed by atoms with van der Waals surface area (Å²) < 4.78 is 32.1. The van der Waals surface area contributed by atoms with Crippen LogP contribution in [0.2, 0.25) is 5.02 Å². The molecule has 1 aromatic heterocycles. The molecule has 0 saturated carbocycles. The van der Waals surface area contributed by atoms with Gasteiger partial charge < -0.3 is 14.6 Å². The topological polar surface area (TPSA) is 99.8 Å².